The van der Waals surface area contributed by atoms with E-state index in [9.17, 15) is 5.11 Å². The van der Waals surface area contributed by atoms with Crippen molar-refractivity contribution in [2.24, 2.45) is 0 Å². The summed E-state index contributed by atoms with van der Waals surface area (Å²) >= 11 is 0. The largest absolute Gasteiger partial charge is 0.443 e. The average molecular weight is 334 g/mol. The molecule has 4 heterocycles. The summed E-state index contributed by atoms with van der Waals surface area (Å²) < 4.78 is 18.6. The van der Waals surface area contributed by atoms with Crippen LogP contribution in [-0.4, -0.2) is 44.1 Å². The van der Waals surface area contributed by atoms with Gasteiger partial charge in [-0.1, -0.05) is 12.1 Å². The van der Waals surface area contributed by atoms with Gasteiger partial charge >= 0.3 is 0 Å². The van der Waals surface area contributed by atoms with Gasteiger partial charge in [-0.05, 0) is 26.2 Å². The third-order valence-electron chi connectivity index (χ3n) is 4.68. The summed E-state index contributed by atoms with van der Waals surface area (Å²) in [6, 6.07) is 0. The second-order valence-electron chi connectivity index (χ2n) is 6.55. The molecule has 3 atom stereocenters. The summed E-state index contributed by atoms with van der Waals surface area (Å²) in [5, 5.41) is 19.2. The molecule has 1 unspecified atom stereocenters. The Morgan fingerprint density at radius 1 is 1.46 bits per heavy atom. The summed E-state index contributed by atoms with van der Waals surface area (Å²) in [5.41, 5.74) is 0.0886. The van der Waals surface area contributed by atoms with Gasteiger partial charge in [-0.3, -0.25) is 0 Å². The molecule has 130 valence electrons. The van der Waals surface area contributed by atoms with Crippen molar-refractivity contribution in [3.05, 3.63) is 29.2 Å². The first-order valence-corrected chi connectivity index (χ1v) is 8.43. The lowest BCUT2D eigenvalue weighted by atomic mass is 9.90. The van der Waals surface area contributed by atoms with Crippen molar-refractivity contribution in [1.29, 1.82) is 0 Å². The maximum atomic E-state index is 10.9. The fourth-order valence-corrected chi connectivity index (χ4v) is 3.27. The molecule has 2 fully saturated rings. The maximum Gasteiger partial charge on any atom is 0.194 e. The van der Waals surface area contributed by atoms with Crippen molar-refractivity contribution in [2.75, 3.05) is 6.61 Å². The normalized spacial score (nSPS) is 29.3. The SMILES string of the molecule is CCCc1nc(C)c(Cn2cc(C3(O)CC[C@H]4CO[C@@H]3O4)nn2)o1. The van der Waals surface area contributed by atoms with E-state index in [0.29, 0.717) is 25.3 Å². The van der Waals surface area contributed by atoms with Crippen LogP contribution in [0.4, 0.5) is 0 Å². The van der Waals surface area contributed by atoms with Crippen LogP contribution in [0.25, 0.3) is 0 Å². The van der Waals surface area contributed by atoms with Crippen molar-refractivity contribution < 1.29 is 19.0 Å². The molecule has 0 saturated carbocycles. The third-order valence-corrected chi connectivity index (χ3v) is 4.68. The quantitative estimate of drug-likeness (QED) is 0.880. The first-order chi connectivity index (χ1) is 11.6. The first kappa shape index (κ1) is 15.7. The number of fused-ring (bicyclic) bond motifs is 2. The van der Waals surface area contributed by atoms with Gasteiger partial charge in [-0.25, -0.2) is 9.67 Å². The Kier molecular flexibility index (Phi) is 3.90. The van der Waals surface area contributed by atoms with Gasteiger partial charge in [0.2, 0.25) is 0 Å². The van der Waals surface area contributed by atoms with E-state index in [1.807, 2.05) is 6.92 Å². The molecule has 2 aromatic rings. The Balaban J connectivity index is 1.53. The summed E-state index contributed by atoms with van der Waals surface area (Å²) in [4.78, 5) is 4.42. The fraction of sp³-hybridized carbons (Fsp3) is 0.688. The highest BCUT2D eigenvalue weighted by Gasteiger charge is 2.51. The number of aromatic nitrogens is 4. The zero-order valence-corrected chi connectivity index (χ0v) is 13.9. The van der Waals surface area contributed by atoms with Gasteiger partial charge in [0.25, 0.3) is 0 Å². The van der Waals surface area contributed by atoms with Crippen LogP contribution >= 0.6 is 0 Å². The van der Waals surface area contributed by atoms with Gasteiger partial charge in [-0.2, -0.15) is 0 Å². The summed E-state index contributed by atoms with van der Waals surface area (Å²) in [6.07, 6.45) is 4.27. The number of rotatable bonds is 5. The van der Waals surface area contributed by atoms with E-state index >= 15 is 0 Å². The van der Waals surface area contributed by atoms with Crippen LogP contribution in [0.2, 0.25) is 0 Å². The molecular formula is C16H22N4O4. The van der Waals surface area contributed by atoms with Crippen LogP contribution in [-0.2, 0) is 28.0 Å². The predicted octanol–water partition coefficient (Wildman–Crippen LogP) is 1.30. The average Bonchev–Trinajstić information content (AvgIpc) is 3.26. The highest BCUT2D eigenvalue weighted by atomic mass is 16.7. The smallest absolute Gasteiger partial charge is 0.194 e. The van der Waals surface area contributed by atoms with E-state index in [-0.39, 0.29) is 6.10 Å². The van der Waals surface area contributed by atoms with Crippen LogP contribution in [0.3, 0.4) is 0 Å². The minimum absolute atomic E-state index is 0.0825. The van der Waals surface area contributed by atoms with Crippen molar-refractivity contribution in [1.82, 2.24) is 20.0 Å². The van der Waals surface area contributed by atoms with Crippen LogP contribution in [0, 0.1) is 6.92 Å². The van der Waals surface area contributed by atoms with Crippen LogP contribution in [0.1, 0.15) is 49.2 Å². The third kappa shape index (κ3) is 2.64. The molecule has 2 aliphatic heterocycles. The van der Waals surface area contributed by atoms with Gasteiger partial charge in [0.05, 0.1) is 24.6 Å². The Labute approximate surface area is 139 Å². The Hall–Kier alpha value is -1.77. The van der Waals surface area contributed by atoms with Crippen LogP contribution in [0.15, 0.2) is 10.6 Å². The topological polar surface area (TPSA) is 95.4 Å². The van der Waals surface area contributed by atoms with Crippen molar-refractivity contribution in [3.8, 4) is 0 Å². The van der Waals surface area contributed by atoms with Gasteiger partial charge in [0.15, 0.2) is 17.8 Å². The molecule has 2 saturated heterocycles. The van der Waals surface area contributed by atoms with E-state index in [0.717, 1.165) is 36.6 Å². The van der Waals surface area contributed by atoms with Crippen molar-refractivity contribution >= 4 is 0 Å². The number of ether oxygens (including phenoxy) is 2. The summed E-state index contributed by atoms with van der Waals surface area (Å²) in [6.45, 7) is 4.97. The second-order valence-corrected chi connectivity index (χ2v) is 6.55. The second kappa shape index (κ2) is 5.94. The zero-order chi connectivity index (χ0) is 16.7. The van der Waals surface area contributed by atoms with E-state index in [1.165, 1.54) is 0 Å². The van der Waals surface area contributed by atoms with E-state index in [2.05, 4.69) is 22.2 Å². The minimum atomic E-state index is -1.24. The van der Waals surface area contributed by atoms with E-state index in [1.54, 1.807) is 10.9 Å². The first-order valence-electron chi connectivity index (χ1n) is 8.43. The molecule has 2 bridgehead atoms. The number of aliphatic hydroxyl groups is 1. The molecule has 0 spiro atoms. The van der Waals surface area contributed by atoms with E-state index in [4.69, 9.17) is 13.9 Å². The van der Waals surface area contributed by atoms with Crippen molar-refractivity contribution in [2.45, 2.75) is 64.1 Å². The van der Waals surface area contributed by atoms with Crippen LogP contribution in [0.5, 0.6) is 0 Å². The highest BCUT2D eigenvalue weighted by molar-refractivity contribution is 5.13. The molecule has 8 nitrogen and oxygen atoms in total. The monoisotopic (exact) mass is 334 g/mol. The van der Waals surface area contributed by atoms with Gasteiger partial charge < -0.3 is 19.0 Å². The molecule has 1 N–H and O–H groups in total. The predicted molar refractivity (Wildman–Crippen MR) is 82.1 cm³/mol. The number of oxazole rings is 1. The Bertz CT molecular complexity index is 727. The number of aryl methyl sites for hydroxylation is 2. The molecule has 0 radical (unpaired) electrons. The summed E-state index contributed by atoms with van der Waals surface area (Å²) in [7, 11) is 0. The molecule has 2 aromatic heterocycles. The fourth-order valence-electron chi connectivity index (χ4n) is 3.27. The van der Waals surface area contributed by atoms with E-state index < -0.39 is 11.9 Å². The Morgan fingerprint density at radius 2 is 2.33 bits per heavy atom. The number of hydrogen-bond acceptors (Lipinski definition) is 7. The van der Waals surface area contributed by atoms with Gasteiger partial charge in [0, 0.05) is 6.42 Å². The molecule has 4 rings (SSSR count). The van der Waals surface area contributed by atoms with Crippen LogP contribution < -0.4 is 0 Å². The minimum Gasteiger partial charge on any atom is -0.443 e. The molecule has 2 aliphatic rings. The molecule has 8 heteroatoms. The molecule has 0 amide bonds. The zero-order valence-electron chi connectivity index (χ0n) is 13.9. The van der Waals surface area contributed by atoms with Crippen molar-refractivity contribution in [3.63, 3.8) is 0 Å². The summed E-state index contributed by atoms with van der Waals surface area (Å²) in [5.74, 6) is 1.51. The standard InChI is InChI=1S/C16H22N4O4/c1-3-4-14-17-10(2)12(24-14)7-20-8-13(18-19-20)16(21)6-5-11-9-22-15(16)23-11/h8,11,15,21H,3-7,9H2,1-2H3/t11-,15+,16?/m0/s1. The number of hydrogen-bond donors (Lipinski definition) is 1. The lowest BCUT2D eigenvalue weighted by molar-refractivity contribution is -0.219. The molecular weight excluding hydrogens is 312 g/mol. The van der Waals surface area contributed by atoms with Gasteiger partial charge in [-0.15, -0.1) is 5.10 Å². The van der Waals surface area contributed by atoms with Gasteiger partial charge in [0.1, 0.15) is 18.0 Å². The Morgan fingerprint density at radius 3 is 3.17 bits per heavy atom. The number of nitrogens with zero attached hydrogens (tertiary/aromatic N) is 4. The lowest BCUT2D eigenvalue weighted by Crippen LogP contribution is -2.44. The highest BCUT2D eigenvalue weighted by Crippen LogP contribution is 2.40. The molecule has 0 aromatic carbocycles. The molecule has 0 aliphatic carbocycles. The lowest BCUT2D eigenvalue weighted by Gasteiger charge is -2.34. The maximum absolute atomic E-state index is 10.9. The molecule has 24 heavy (non-hydrogen) atoms.